The Labute approximate surface area is 248 Å². The fourth-order valence-electron chi connectivity index (χ4n) is 5.25. The molecule has 11 nitrogen and oxygen atoms in total. The molecule has 12 heteroatoms. The predicted octanol–water partition coefficient (Wildman–Crippen LogP) is 3.86. The average molecular weight is 594 g/mol. The number of benzene rings is 2. The average Bonchev–Trinajstić information content (AvgIpc) is 3.29. The van der Waals surface area contributed by atoms with Crippen LogP contribution in [-0.4, -0.2) is 70.7 Å². The second-order valence-corrected chi connectivity index (χ2v) is 10.8. The number of carboxylic acid groups (broad SMARTS) is 1. The summed E-state index contributed by atoms with van der Waals surface area (Å²) < 4.78 is 10.7. The van der Waals surface area contributed by atoms with Crippen molar-refractivity contribution in [3.05, 3.63) is 69.9 Å². The van der Waals surface area contributed by atoms with Gasteiger partial charge in [0.2, 0.25) is 11.9 Å². The Kier molecular flexibility index (Phi) is 8.89. The summed E-state index contributed by atoms with van der Waals surface area (Å²) in [5.74, 6) is -0.685. The van der Waals surface area contributed by atoms with Gasteiger partial charge in [-0.05, 0) is 60.7 Å². The number of aromatic nitrogens is 2. The summed E-state index contributed by atoms with van der Waals surface area (Å²) in [6.07, 6.45) is 2.82. The smallest absolute Gasteiger partial charge is 0.307 e. The molecule has 3 aromatic rings. The summed E-state index contributed by atoms with van der Waals surface area (Å²) in [6.45, 7) is 3.08. The molecular formula is C30H32ClN5O6. The first-order valence-corrected chi connectivity index (χ1v) is 14.1. The first-order chi connectivity index (χ1) is 20.2. The largest absolute Gasteiger partial charge is 0.497 e. The maximum atomic E-state index is 13.5. The minimum atomic E-state index is -1.04. The van der Waals surface area contributed by atoms with Crippen LogP contribution in [0, 0.1) is 0 Å². The van der Waals surface area contributed by atoms with Gasteiger partial charge in [-0.2, -0.15) is 0 Å². The van der Waals surface area contributed by atoms with Crippen LogP contribution in [0.1, 0.15) is 52.9 Å². The van der Waals surface area contributed by atoms with Crippen molar-refractivity contribution in [2.45, 2.75) is 44.8 Å². The Morgan fingerprint density at radius 1 is 1.24 bits per heavy atom. The Balaban J connectivity index is 1.37. The van der Waals surface area contributed by atoms with Crippen LogP contribution in [0.5, 0.6) is 5.75 Å². The van der Waals surface area contributed by atoms with Crippen molar-refractivity contribution in [3.8, 4) is 17.0 Å². The number of carbonyl (C=O) groups is 3. The number of carbonyl (C=O) groups excluding carboxylic acids is 2. The van der Waals surface area contributed by atoms with E-state index >= 15 is 0 Å². The molecule has 2 aromatic carbocycles. The molecule has 5 rings (SSSR count). The summed E-state index contributed by atoms with van der Waals surface area (Å²) >= 11 is 6.49. The van der Waals surface area contributed by atoms with Crippen LogP contribution in [0.15, 0.2) is 42.6 Å². The molecule has 0 radical (unpaired) electrons. The van der Waals surface area contributed by atoms with E-state index in [0.717, 1.165) is 18.4 Å². The normalized spacial score (nSPS) is 15.7. The summed E-state index contributed by atoms with van der Waals surface area (Å²) in [4.78, 5) is 48.5. The molecule has 2 amide bonds. The number of amides is 2. The third kappa shape index (κ3) is 6.63. The number of fused-ring (bicyclic) bond motifs is 1. The number of hydrogen-bond donors (Lipinski definition) is 3. The quantitative estimate of drug-likeness (QED) is 0.319. The van der Waals surface area contributed by atoms with E-state index in [1.807, 2.05) is 31.2 Å². The lowest BCUT2D eigenvalue weighted by atomic mass is 9.96. The highest BCUT2D eigenvalue weighted by molar-refractivity contribution is 6.33. The number of methoxy groups -OCH3 is 1. The number of nitrogens with zero attached hydrogens (tertiary/aromatic N) is 3. The molecule has 0 spiro atoms. The SMILES string of the molecule is COc1cccc([C@@H](C)NC(=O)CN2Cc3c(CC(=O)O)cc(-c4nc(NC5CCOCC5)ncc4Cl)cc3C2=O)c1. The van der Waals surface area contributed by atoms with E-state index in [0.29, 0.717) is 52.9 Å². The van der Waals surface area contributed by atoms with Crippen LogP contribution in [-0.2, 0) is 27.3 Å². The van der Waals surface area contributed by atoms with Gasteiger partial charge in [0.1, 0.15) is 12.3 Å². The van der Waals surface area contributed by atoms with Crippen molar-refractivity contribution in [1.29, 1.82) is 0 Å². The van der Waals surface area contributed by atoms with Gasteiger partial charge < -0.3 is 30.1 Å². The van der Waals surface area contributed by atoms with Crippen LogP contribution < -0.4 is 15.4 Å². The van der Waals surface area contributed by atoms with Crippen molar-refractivity contribution in [2.75, 3.05) is 32.2 Å². The second-order valence-electron chi connectivity index (χ2n) is 10.4. The maximum Gasteiger partial charge on any atom is 0.307 e. The van der Waals surface area contributed by atoms with Crippen LogP contribution in [0.2, 0.25) is 5.02 Å². The van der Waals surface area contributed by atoms with E-state index in [-0.39, 0.29) is 48.4 Å². The highest BCUT2D eigenvalue weighted by Gasteiger charge is 2.32. The minimum absolute atomic E-state index is 0.117. The number of aliphatic carboxylic acids is 1. The molecule has 3 N–H and O–H groups in total. The summed E-state index contributed by atoms with van der Waals surface area (Å²) in [5, 5.41) is 16.1. The molecule has 2 aliphatic heterocycles. The molecule has 0 unspecified atom stereocenters. The Hall–Kier alpha value is -4.22. The van der Waals surface area contributed by atoms with Crippen LogP contribution >= 0.6 is 11.6 Å². The first-order valence-electron chi connectivity index (χ1n) is 13.7. The summed E-state index contributed by atoms with van der Waals surface area (Å²) in [5.41, 5.74) is 3.10. The molecule has 220 valence electrons. The lowest BCUT2D eigenvalue weighted by molar-refractivity contribution is -0.136. The fraction of sp³-hybridized carbons (Fsp3) is 0.367. The number of ether oxygens (including phenoxy) is 2. The highest BCUT2D eigenvalue weighted by atomic mass is 35.5. The minimum Gasteiger partial charge on any atom is -0.497 e. The third-order valence-electron chi connectivity index (χ3n) is 7.43. The molecular weight excluding hydrogens is 562 g/mol. The van der Waals surface area contributed by atoms with Crippen molar-refractivity contribution >= 4 is 35.3 Å². The van der Waals surface area contributed by atoms with Crippen molar-refractivity contribution in [1.82, 2.24) is 20.2 Å². The van der Waals surface area contributed by atoms with Gasteiger partial charge in [0.25, 0.3) is 5.91 Å². The Morgan fingerprint density at radius 2 is 2.02 bits per heavy atom. The van der Waals surface area contributed by atoms with E-state index < -0.39 is 5.97 Å². The van der Waals surface area contributed by atoms with Crippen LogP contribution in [0.3, 0.4) is 0 Å². The molecule has 0 aliphatic carbocycles. The number of hydrogen-bond acceptors (Lipinski definition) is 8. The summed E-state index contributed by atoms with van der Waals surface area (Å²) in [6, 6.07) is 10.6. The predicted molar refractivity (Wildman–Crippen MR) is 156 cm³/mol. The molecule has 1 atom stereocenters. The first kappa shape index (κ1) is 29.3. The van der Waals surface area contributed by atoms with Gasteiger partial charge >= 0.3 is 5.97 Å². The van der Waals surface area contributed by atoms with Gasteiger partial charge in [0.15, 0.2) is 0 Å². The topological polar surface area (TPSA) is 143 Å². The summed E-state index contributed by atoms with van der Waals surface area (Å²) in [7, 11) is 1.57. The molecule has 0 saturated carbocycles. The van der Waals surface area contributed by atoms with Gasteiger partial charge in [0.05, 0.1) is 36.5 Å². The molecule has 2 aliphatic rings. The van der Waals surface area contributed by atoms with Gasteiger partial charge in [-0.25, -0.2) is 9.97 Å². The van der Waals surface area contributed by atoms with Crippen molar-refractivity contribution in [2.24, 2.45) is 0 Å². The van der Waals surface area contributed by atoms with Gasteiger partial charge in [0, 0.05) is 36.9 Å². The van der Waals surface area contributed by atoms with Crippen molar-refractivity contribution < 1.29 is 29.0 Å². The molecule has 42 heavy (non-hydrogen) atoms. The molecule has 1 saturated heterocycles. The molecule has 1 fully saturated rings. The van der Waals surface area contributed by atoms with E-state index in [9.17, 15) is 19.5 Å². The zero-order valence-electron chi connectivity index (χ0n) is 23.4. The lowest BCUT2D eigenvalue weighted by Crippen LogP contribution is -2.38. The van der Waals surface area contributed by atoms with Crippen molar-refractivity contribution in [3.63, 3.8) is 0 Å². The van der Waals surface area contributed by atoms with Gasteiger partial charge in [-0.3, -0.25) is 14.4 Å². The zero-order valence-corrected chi connectivity index (χ0v) is 24.1. The molecule has 1 aromatic heterocycles. The number of carboxylic acids is 1. The zero-order chi connectivity index (χ0) is 29.8. The van der Waals surface area contributed by atoms with E-state index in [1.165, 1.54) is 11.1 Å². The number of rotatable bonds is 10. The monoisotopic (exact) mass is 593 g/mol. The van der Waals surface area contributed by atoms with E-state index in [2.05, 4.69) is 20.6 Å². The lowest BCUT2D eigenvalue weighted by Gasteiger charge is -2.23. The molecule has 3 heterocycles. The Bertz CT molecular complexity index is 1510. The number of halogens is 1. The van der Waals surface area contributed by atoms with E-state index in [1.54, 1.807) is 19.2 Å². The van der Waals surface area contributed by atoms with Gasteiger partial charge in [-0.1, -0.05) is 23.7 Å². The van der Waals surface area contributed by atoms with E-state index in [4.69, 9.17) is 21.1 Å². The van der Waals surface area contributed by atoms with Gasteiger partial charge in [-0.15, -0.1) is 0 Å². The Morgan fingerprint density at radius 3 is 2.76 bits per heavy atom. The highest BCUT2D eigenvalue weighted by Crippen LogP contribution is 2.34. The maximum absolute atomic E-state index is 13.5. The van der Waals surface area contributed by atoms with Crippen LogP contribution in [0.25, 0.3) is 11.3 Å². The second kappa shape index (κ2) is 12.7. The number of anilines is 1. The number of nitrogens with one attached hydrogen (secondary N) is 2. The fourth-order valence-corrected chi connectivity index (χ4v) is 5.45. The molecule has 0 bridgehead atoms. The third-order valence-corrected chi connectivity index (χ3v) is 7.71. The standard InChI is InChI=1S/C30H32ClN5O6/c1-17(18-4-3-5-22(11-18)41-2)33-26(37)16-36-15-24-19(13-27(38)39)10-20(12-23(24)29(36)40)28-25(31)14-32-30(35-28)34-21-6-8-42-9-7-21/h3-5,10-12,14,17,21H,6-9,13,15-16H2,1-2H3,(H,33,37)(H,38,39)(H,32,34,35)/t17-/m1/s1. The van der Waals surface area contributed by atoms with Crippen LogP contribution in [0.4, 0.5) is 5.95 Å².